The lowest BCUT2D eigenvalue weighted by atomic mass is 9.92. The minimum atomic E-state index is 0.570. The van der Waals surface area contributed by atoms with Gasteiger partial charge in [0.2, 0.25) is 0 Å². The van der Waals surface area contributed by atoms with E-state index in [0.29, 0.717) is 6.54 Å². The maximum atomic E-state index is 5.31. The molecule has 1 fully saturated rings. The Hall–Kier alpha value is -1.49. The van der Waals surface area contributed by atoms with Crippen LogP contribution < -0.4 is 10.6 Å². The van der Waals surface area contributed by atoms with Crippen LogP contribution in [-0.2, 0) is 6.54 Å². The van der Waals surface area contributed by atoms with Crippen molar-refractivity contribution in [1.82, 2.24) is 15.5 Å². The molecule has 124 valence electrons. The Morgan fingerprint density at radius 1 is 1.32 bits per heavy atom. The maximum Gasteiger partial charge on any atom is 0.191 e. The van der Waals surface area contributed by atoms with Crippen molar-refractivity contribution in [2.75, 3.05) is 32.7 Å². The van der Waals surface area contributed by atoms with E-state index in [1.807, 2.05) is 12.1 Å². The number of rotatable bonds is 6. The Morgan fingerprint density at radius 3 is 2.73 bits per heavy atom. The summed E-state index contributed by atoms with van der Waals surface area (Å²) in [5, 5.41) is 6.69. The van der Waals surface area contributed by atoms with E-state index in [0.717, 1.165) is 43.2 Å². The van der Waals surface area contributed by atoms with Gasteiger partial charge in [0, 0.05) is 32.7 Å². The molecule has 1 aliphatic rings. The van der Waals surface area contributed by atoms with Gasteiger partial charge >= 0.3 is 0 Å². The van der Waals surface area contributed by atoms with Crippen molar-refractivity contribution in [2.24, 2.45) is 16.8 Å². The van der Waals surface area contributed by atoms with Gasteiger partial charge in [-0.25, -0.2) is 4.99 Å². The van der Waals surface area contributed by atoms with Gasteiger partial charge in [-0.1, -0.05) is 13.8 Å². The second-order valence-corrected chi connectivity index (χ2v) is 6.41. The van der Waals surface area contributed by atoms with Crippen LogP contribution in [0.4, 0.5) is 0 Å². The monoisotopic (exact) mass is 306 g/mol. The zero-order chi connectivity index (χ0) is 15.8. The Balaban J connectivity index is 1.75. The number of aliphatic imine (C=N–C) groups is 1. The highest BCUT2D eigenvalue weighted by Crippen LogP contribution is 2.20. The summed E-state index contributed by atoms with van der Waals surface area (Å²) in [5.74, 6) is 3.36. The number of guanidine groups is 1. The van der Waals surface area contributed by atoms with Crippen molar-refractivity contribution in [1.29, 1.82) is 0 Å². The number of nitrogens with one attached hydrogen (secondary N) is 2. The van der Waals surface area contributed by atoms with Gasteiger partial charge in [0.05, 0.1) is 6.26 Å². The molecular weight excluding hydrogens is 276 g/mol. The number of piperidine rings is 1. The molecule has 2 unspecified atom stereocenters. The third kappa shape index (κ3) is 5.72. The number of furan rings is 1. The second-order valence-electron chi connectivity index (χ2n) is 6.41. The van der Waals surface area contributed by atoms with E-state index in [2.05, 4.69) is 41.3 Å². The minimum absolute atomic E-state index is 0.570. The molecule has 0 bridgehead atoms. The number of nitrogens with zero attached hydrogens (tertiary/aromatic N) is 2. The normalized spacial score (nSPS) is 23.5. The molecule has 2 rings (SSSR count). The van der Waals surface area contributed by atoms with E-state index in [1.165, 1.54) is 19.5 Å². The van der Waals surface area contributed by atoms with Gasteiger partial charge < -0.3 is 20.0 Å². The topological polar surface area (TPSA) is 52.8 Å². The lowest BCUT2D eigenvalue weighted by Crippen LogP contribution is -2.45. The van der Waals surface area contributed by atoms with Gasteiger partial charge in [-0.05, 0) is 37.3 Å². The quantitative estimate of drug-likeness (QED) is 0.625. The molecule has 0 aliphatic carbocycles. The Morgan fingerprint density at radius 2 is 2.09 bits per heavy atom. The van der Waals surface area contributed by atoms with Crippen LogP contribution in [-0.4, -0.2) is 43.6 Å². The Kier molecular flexibility index (Phi) is 6.77. The van der Waals surface area contributed by atoms with Gasteiger partial charge in [-0.15, -0.1) is 0 Å². The average Bonchev–Trinajstić information content (AvgIpc) is 2.97. The Labute approximate surface area is 134 Å². The van der Waals surface area contributed by atoms with Gasteiger partial charge in [0.25, 0.3) is 0 Å². The summed E-state index contributed by atoms with van der Waals surface area (Å²) < 4.78 is 5.31. The van der Waals surface area contributed by atoms with Crippen molar-refractivity contribution in [3.05, 3.63) is 24.2 Å². The van der Waals surface area contributed by atoms with Crippen molar-refractivity contribution in [3.63, 3.8) is 0 Å². The van der Waals surface area contributed by atoms with E-state index < -0.39 is 0 Å². The molecular formula is C17H30N4O. The lowest BCUT2D eigenvalue weighted by Gasteiger charge is -2.35. The zero-order valence-electron chi connectivity index (χ0n) is 14.1. The van der Waals surface area contributed by atoms with Crippen LogP contribution in [0.5, 0.6) is 0 Å². The summed E-state index contributed by atoms with van der Waals surface area (Å²) in [5.41, 5.74) is 0. The van der Waals surface area contributed by atoms with Crippen LogP contribution in [0, 0.1) is 11.8 Å². The second kappa shape index (κ2) is 8.83. The van der Waals surface area contributed by atoms with Crippen LogP contribution in [0.15, 0.2) is 27.8 Å². The number of likely N-dealkylation sites (tertiary alicyclic amines) is 1. The van der Waals surface area contributed by atoms with Gasteiger partial charge in [-0.3, -0.25) is 0 Å². The third-order valence-corrected chi connectivity index (χ3v) is 3.98. The molecule has 1 aromatic heterocycles. The third-order valence-electron chi connectivity index (χ3n) is 3.98. The van der Waals surface area contributed by atoms with E-state index in [9.17, 15) is 0 Å². The van der Waals surface area contributed by atoms with E-state index >= 15 is 0 Å². The van der Waals surface area contributed by atoms with Gasteiger partial charge in [-0.2, -0.15) is 0 Å². The van der Waals surface area contributed by atoms with Crippen LogP contribution in [0.3, 0.4) is 0 Å². The first kappa shape index (κ1) is 16.9. The van der Waals surface area contributed by atoms with Crippen LogP contribution in [0.25, 0.3) is 0 Å². The summed E-state index contributed by atoms with van der Waals surface area (Å²) in [7, 11) is 0. The highest BCUT2D eigenvalue weighted by Gasteiger charge is 2.21. The van der Waals surface area contributed by atoms with Crippen molar-refractivity contribution < 1.29 is 4.42 Å². The standard InChI is InChI=1S/C17H30N4O/c1-4-18-17(20-11-16-6-5-9-22-16)19-7-8-21-12-14(2)10-15(3)13-21/h5-6,9,14-15H,4,7-8,10-13H2,1-3H3,(H2,18,19,20). The summed E-state index contributed by atoms with van der Waals surface area (Å²) >= 11 is 0. The number of hydrogen-bond donors (Lipinski definition) is 2. The van der Waals surface area contributed by atoms with Gasteiger partial charge in [0.15, 0.2) is 5.96 Å². The predicted octanol–water partition coefficient (Wildman–Crippen LogP) is 2.31. The molecule has 2 atom stereocenters. The first-order chi connectivity index (χ1) is 10.7. The minimum Gasteiger partial charge on any atom is -0.467 e. The van der Waals surface area contributed by atoms with Crippen LogP contribution >= 0.6 is 0 Å². The molecule has 22 heavy (non-hydrogen) atoms. The molecule has 0 amide bonds. The van der Waals surface area contributed by atoms with Crippen molar-refractivity contribution in [3.8, 4) is 0 Å². The maximum absolute atomic E-state index is 5.31. The Bertz CT molecular complexity index is 434. The lowest BCUT2D eigenvalue weighted by molar-refractivity contribution is 0.143. The largest absolute Gasteiger partial charge is 0.467 e. The van der Waals surface area contributed by atoms with Gasteiger partial charge in [0.1, 0.15) is 12.3 Å². The van der Waals surface area contributed by atoms with Crippen molar-refractivity contribution >= 4 is 5.96 Å². The fourth-order valence-corrected chi connectivity index (χ4v) is 3.21. The zero-order valence-corrected chi connectivity index (χ0v) is 14.1. The fraction of sp³-hybridized carbons (Fsp3) is 0.706. The highest BCUT2D eigenvalue weighted by molar-refractivity contribution is 5.79. The molecule has 5 nitrogen and oxygen atoms in total. The molecule has 2 heterocycles. The van der Waals surface area contributed by atoms with E-state index in [1.54, 1.807) is 6.26 Å². The molecule has 0 aromatic carbocycles. The summed E-state index contributed by atoms with van der Waals surface area (Å²) in [6.07, 6.45) is 3.04. The average molecular weight is 306 g/mol. The first-order valence-electron chi connectivity index (χ1n) is 8.44. The molecule has 0 radical (unpaired) electrons. The fourth-order valence-electron chi connectivity index (χ4n) is 3.21. The molecule has 2 N–H and O–H groups in total. The first-order valence-corrected chi connectivity index (χ1v) is 8.44. The van der Waals surface area contributed by atoms with Crippen LogP contribution in [0.2, 0.25) is 0 Å². The van der Waals surface area contributed by atoms with E-state index in [-0.39, 0.29) is 0 Å². The summed E-state index contributed by atoms with van der Waals surface area (Å²) in [6, 6.07) is 3.84. The SMILES string of the molecule is CCNC(=NCc1ccco1)NCCN1CC(C)CC(C)C1. The molecule has 5 heteroatoms. The van der Waals surface area contributed by atoms with Crippen molar-refractivity contribution in [2.45, 2.75) is 33.7 Å². The predicted molar refractivity (Wildman–Crippen MR) is 90.9 cm³/mol. The smallest absolute Gasteiger partial charge is 0.191 e. The molecule has 1 aliphatic heterocycles. The molecule has 0 spiro atoms. The molecule has 0 saturated carbocycles. The molecule has 1 saturated heterocycles. The highest BCUT2D eigenvalue weighted by atomic mass is 16.3. The summed E-state index contributed by atoms with van der Waals surface area (Å²) in [6.45, 7) is 12.6. The van der Waals surface area contributed by atoms with E-state index in [4.69, 9.17) is 4.42 Å². The molecule has 1 aromatic rings. The van der Waals surface area contributed by atoms with Crippen LogP contribution in [0.1, 0.15) is 33.0 Å². The summed E-state index contributed by atoms with van der Waals surface area (Å²) in [4.78, 5) is 7.11. The number of hydrogen-bond acceptors (Lipinski definition) is 3.